The molecule has 1 saturated heterocycles. The van der Waals surface area contributed by atoms with E-state index in [1.54, 1.807) is 29.8 Å². The van der Waals surface area contributed by atoms with E-state index in [1.165, 1.54) is 17.0 Å². The standard InChI is InChI=1S/C18H19FN4OS/c19-14-3-1-13(2-4-14)15-11-25-18-16(15)17(20-12-21-18)23-7-5-22(6-8-23)9-10-24/h1-4,11-12,24H,5-10H2/p+1. The van der Waals surface area contributed by atoms with Crippen LogP contribution in [0.1, 0.15) is 0 Å². The highest BCUT2D eigenvalue weighted by Gasteiger charge is 2.24. The Bertz CT molecular complexity index is 859. The van der Waals surface area contributed by atoms with Gasteiger partial charge in [0.15, 0.2) is 0 Å². The monoisotopic (exact) mass is 359 g/mol. The molecule has 3 heterocycles. The molecule has 25 heavy (non-hydrogen) atoms. The van der Waals surface area contributed by atoms with E-state index in [9.17, 15) is 4.39 Å². The topological polar surface area (TPSA) is 53.7 Å². The van der Waals surface area contributed by atoms with Crippen molar-refractivity contribution in [3.8, 4) is 11.1 Å². The number of aliphatic hydroxyl groups is 1. The molecule has 2 aromatic heterocycles. The Kier molecular flexibility index (Phi) is 4.61. The SMILES string of the molecule is OCC[NH+]1CCN(c2ncnc3scc(-c4ccc(F)cc4)c23)CC1. The van der Waals surface area contributed by atoms with Gasteiger partial charge in [0.2, 0.25) is 0 Å². The zero-order valence-corrected chi connectivity index (χ0v) is 14.6. The van der Waals surface area contributed by atoms with Gasteiger partial charge in [0.25, 0.3) is 0 Å². The molecule has 1 fully saturated rings. The van der Waals surface area contributed by atoms with Gasteiger partial charge in [-0.1, -0.05) is 12.1 Å². The maximum Gasteiger partial charge on any atom is 0.141 e. The molecule has 4 rings (SSSR count). The molecule has 0 bridgehead atoms. The molecule has 7 heteroatoms. The summed E-state index contributed by atoms with van der Waals surface area (Å²) in [5.41, 5.74) is 2.04. The van der Waals surface area contributed by atoms with Crippen LogP contribution < -0.4 is 9.80 Å². The number of nitrogens with one attached hydrogen (secondary N) is 1. The molecule has 0 saturated carbocycles. The lowest BCUT2D eigenvalue weighted by Crippen LogP contribution is -3.15. The number of nitrogens with zero attached hydrogens (tertiary/aromatic N) is 3. The van der Waals surface area contributed by atoms with E-state index in [1.807, 2.05) is 0 Å². The molecule has 1 aliphatic rings. The average molecular weight is 359 g/mol. The molecule has 0 atom stereocenters. The van der Waals surface area contributed by atoms with E-state index in [0.29, 0.717) is 0 Å². The summed E-state index contributed by atoms with van der Waals surface area (Å²) >= 11 is 1.59. The summed E-state index contributed by atoms with van der Waals surface area (Å²) in [6, 6.07) is 6.58. The lowest BCUT2D eigenvalue weighted by molar-refractivity contribution is -0.900. The Labute approximate surface area is 149 Å². The third kappa shape index (κ3) is 3.22. The molecule has 2 N–H and O–H groups in total. The summed E-state index contributed by atoms with van der Waals surface area (Å²) in [7, 11) is 0. The number of quaternary nitrogens is 1. The lowest BCUT2D eigenvalue weighted by Gasteiger charge is -2.33. The number of aliphatic hydroxyl groups excluding tert-OH is 1. The quantitative estimate of drug-likeness (QED) is 0.735. The van der Waals surface area contributed by atoms with Crippen LogP contribution in [0.25, 0.3) is 21.3 Å². The maximum absolute atomic E-state index is 13.3. The van der Waals surface area contributed by atoms with Gasteiger partial charge in [0.1, 0.15) is 29.3 Å². The van der Waals surface area contributed by atoms with Crippen LogP contribution in [0.4, 0.5) is 10.2 Å². The van der Waals surface area contributed by atoms with E-state index >= 15 is 0 Å². The fraction of sp³-hybridized carbons (Fsp3) is 0.333. The number of piperazine rings is 1. The molecule has 130 valence electrons. The van der Waals surface area contributed by atoms with Gasteiger partial charge in [-0.05, 0) is 17.7 Å². The molecule has 0 aliphatic carbocycles. The number of anilines is 1. The predicted octanol–water partition coefficient (Wildman–Crippen LogP) is 1.19. The van der Waals surface area contributed by atoms with Crippen LogP contribution in [0.3, 0.4) is 0 Å². The van der Waals surface area contributed by atoms with Crippen molar-refractivity contribution in [3.63, 3.8) is 0 Å². The molecule has 0 radical (unpaired) electrons. The lowest BCUT2D eigenvalue weighted by atomic mass is 10.1. The summed E-state index contributed by atoms with van der Waals surface area (Å²) in [5.74, 6) is 0.719. The molecule has 1 aromatic carbocycles. The van der Waals surface area contributed by atoms with Crippen LogP contribution in [0.2, 0.25) is 0 Å². The summed E-state index contributed by atoms with van der Waals surface area (Å²) < 4.78 is 13.3. The first kappa shape index (κ1) is 16.4. The minimum absolute atomic E-state index is 0.229. The normalized spacial score (nSPS) is 15.8. The Balaban J connectivity index is 1.70. The fourth-order valence-electron chi connectivity index (χ4n) is 3.38. The zero-order valence-electron chi connectivity index (χ0n) is 13.8. The van der Waals surface area contributed by atoms with Crippen molar-refractivity contribution in [2.75, 3.05) is 44.2 Å². The van der Waals surface area contributed by atoms with Crippen LogP contribution in [0.5, 0.6) is 0 Å². The van der Waals surface area contributed by atoms with E-state index in [2.05, 4.69) is 20.2 Å². The molecular weight excluding hydrogens is 339 g/mol. The Morgan fingerprint density at radius 1 is 1.16 bits per heavy atom. The number of aromatic nitrogens is 2. The first-order chi connectivity index (χ1) is 12.3. The number of hydrogen-bond acceptors (Lipinski definition) is 5. The summed E-state index contributed by atoms with van der Waals surface area (Å²) in [6.45, 7) is 4.81. The van der Waals surface area contributed by atoms with Crippen molar-refractivity contribution in [3.05, 3.63) is 41.8 Å². The minimum Gasteiger partial charge on any atom is -0.391 e. The number of halogens is 1. The number of hydrogen-bond donors (Lipinski definition) is 2. The van der Waals surface area contributed by atoms with Gasteiger partial charge in [-0.15, -0.1) is 11.3 Å². The van der Waals surface area contributed by atoms with Crippen molar-refractivity contribution >= 4 is 27.4 Å². The van der Waals surface area contributed by atoms with Gasteiger partial charge >= 0.3 is 0 Å². The first-order valence-corrected chi connectivity index (χ1v) is 9.32. The molecular formula is C18H20FN4OS+. The van der Waals surface area contributed by atoms with Crippen molar-refractivity contribution in [1.29, 1.82) is 0 Å². The zero-order chi connectivity index (χ0) is 17.2. The smallest absolute Gasteiger partial charge is 0.141 e. The second kappa shape index (κ2) is 7.03. The van der Waals surface area contributed by atoms with Gasteiger partial charge in [-0.2, -0.15) is 0 Å². The number of thiophene rings is 1. The maximum atomic E-state index is 13.3. The molecule has 0 unspecified atom stereocenters. The largest absolute Gasteiger partial charge is 0.391 e. The van der Waals surface area contributed by atoms with Gasteiger partial charge < -0.3 is 14.9 Å². The van der Waals surface area contributed by atoms with Gasteiger partial charge in [0.05, 0.1) is 38.2 Å². The third-order valence-electron chi connectivity index (χ3n) is 4.74. The van der Waals surface area contributed by atoms with E-state index < -0.39 is 0 Å². The molecule has 0 spiro atoms. The third-order valence-corrected chi connectivity index (χ3v) is 5.63. The van der Waals surface area contributed by atoms with Crippen LogP contribution in [0.15, 0.2) is 36.0 Å². The molecule has 3 aromatic rings. The highest BCUT2D eigenvalue weighted by atomic mass is 32.1. The van der Waals surface area contributed by atoms with Crippen LogP contribution in [-0.2, 0) is 0 Å². The van der Waals surface area contributed by atoms with Gasteiger partial charge in [-0.25, -0.2) is 14.4 Å². The average Bonchev–Trinajstić information content (AvgIpc) is 3.08. The van der Waals surface area contributed by atoms with Crippen LogP contribution in [0, 0.1) is 5.82 Å². The number of fused-ring (bicyclic) bond motifs is 1. The highest BCUT2D eigenvalue weighted by Crippen LogP contribution is 2.37. The van der Waals surface area contributed by atoms with E-state index in [0.717, 1.165) is 59.9 Å². The summed E-state index contributed by atoms with van der Waals surface area (Å²) in [5, 5.41) is 12.2. The fourth-order valence-corrected chi connectivity index (χ4v) is 4.29. The Morgan fingerprint density at radius 3 is 2.64 bits per heavy atom. The highest BCUT2D eigenvalue weighted by molar-refractivity contribution is 7.17. The Hall–Kier alpha value is -2.09. The van der Waals surface area contributed by atoms with Gasteiger partial charge in [0, 0.05) is 10.9 Å². The van der Waals surface area contributed by atoms with Crippen LogP contribution in [-0.4, -0.2) is 54.4 Å². The predicted molar refractivity (Wildman–Crippen MR) is 97.7 cm³/mol. The van der Waals surface area contributed by atoms with Crippen molar-refractivity contribution in [1.82, 2.24) is 9.97 Å². The summed E-state index contributed by atoms with van der Waals surface area (Å²) in [4.78, 5) is 13.7. The van der Waals surface area contributed by atoms with Crippen molar-refractivity contribution in [2.24, 2.45) is 0 Å². The van der Waals surface area contributed by atoms with Crippen molar-refractivity contribution in [2.45, 2.75) is 0 Å². The van der Waals surface area contributed by atoms with E-state index in [4.69, 9.17) is 5.11 Å². The Morgan fingerprint density at radius 2 is 1.92 bits per heavy atom. The first-order valence-electron chi connectivity index (χ1n) is 8.44. The number of benzene rings is 1. The number of rotatable bonds is 4. The summed E-state index contributed by atoms with van der Waals surface area (Å²) in [6.07, 6.45) is 1.62. The van der Waals surface area contributed by atoms with E-state index in [-0.39, 0.29) is 12.4 Å². The second-order valence-electron chi connectivity index (χ2n) is 6.24. The van der Waals surface area contributed by atoms with Gasteiger partial charge in [-0.3, -0.25) is 0 Å². The molecule has 5 nitrogen and oxygen atoms in total. The second-order valence-corrected chi connectivity index (χ2v) is 7.10. The van der Waals surface area contributed by atoms with Crippen molar-refractivity contribution < 1.29 is 14.4 Å². The van der Waals surface area contributed by atoms with Crippen LogP contribution >= 0.6 is 11.3 Å². The molecule has 1 aliphatic heterocycles. The minimum atomic E-state index is -0.234. The molecule has 0 amide bonds.